The fourth-order valence-corrected chi connectivity index (χ4v) is 2.10. The topological polar surface area (TPSA) is 48.1 Å². The Morgan fingerprint density at radius 3 is 2.45 bits per heavy atom. The van der Waals surface area contributed by atoms with Crippen molar-refractivity contribution in [2.24, 2.45) is 5.73 Å². The van der Waals surface area contributed by atoms with Crippen LogP contribution in [0.25, 0.3) is 10.9 Å². The van der Waals surface area contributed by atoms with Crippen LogP contribution in [0.1, 0.15) is 5.56 Å². The van der Waals surface area contributed by atoms with Gasteiger partial charge in [-0.2, -0.15) is 0 Å². The van der Waals surface area contributed by atoms with Crippen molar-refractivity contribution in [3.05, 3.63) is 66.2 Å². The molecule has 0 unspecified atom stereocenters. The van der Waals surface area contributed by atoms with Gasteiger partial charge in [0.1, 0.15) is 10.7 Å². The van der Waals surface area contributed by atoms with Gasteiger partial charge in [-0.15, -0.1) is 0 Å². The molecule has 0 saturated carbocycles. The average molecular weight is 280 g/mol. The zero-order chi connectivity index (χ0) is 13.9. The molecular formula is C16H12N2OS. The lowest BCUT2D eigenvalue weighted by molar-refractivity contribution is 0.464. The lowest BCUT2D eigenvalue weighted by Gasteiger charge is -2.10. The summed E-state index contributed by atoms with van der Waals surface area (Å²) in [6.07, 6.45) is 0. The van der Waals surface area contributed by atoms with Gasteiger partial charge in [0.25, 0.3) is 0 Å². The Bertz CT molecular complexity index is 772. The molecule has 20 heavy (non-hydrogen) atoms. The van der Waals surface area contributed by atoms with Crippen LogP contribution in [-0.2, 0) is 0 Å². The van der Waals surface area contributed by atoms with E-state index in [4.69, 9.17) is 22.7 Å². The van der Waals surface area contributed by atoms with Crippen LogP contribution in [0, 0.1) is 0 Å². The van der Waals surface area contributed by atoms with Gasteiger partial charge in [-0.1, -0.05) is 48.6 Å². The molecule has 2 N–H and O–H groups in total. The molecule has 0 aliphatic carbocycles. The number of hydrogen-bond donors (Lipinski definition) is 1. The highest BCUT2D eigenvalue weighted by atomic mass is 32.1. The van der Waals surface area contributed by atoms with Gasteiger partial charge in [-0.3, -0.25) is 0 Å². The van der Waals surface area contributed by atoms with Crippen LogP contribution in [0.4, 0.5) is 0 Å². The molecule has 0 atom stereocenters. The lowest BCUT2D eigenvalue weighted by atomic mass is 10.1. The second-order valence-electron chi connectivity index (χ2n) is 4.31. The van der Waals surface area contributed by atoms with Gasteiger partial charge >= 0.3 is 0 Å². The summed E-state index contributed by atoms with van der Waals surface area (Å²) in [4.78, 5) is 4.77. The highest BCUT2D eigenvalue weighted by molar-refractivity contribution is 7.80. The van der Waals surface area contributed by atoms with Crippen molar-refractivity contribution >= 4 is 28.1 Å². The fourth-order valence-electron chi connectivity index (χ4n) is 1.95. The predicted molar refractivity (Wildman–Crippen MR) is 84.1 cm³/mol. The van der Waals surface area contributed by atoms with Crippen LogP contribution in [0.15, 0.2) is 60.7 Å². The molecule has 0 aliphatic heterocycles. The molecule has 0 bridgehead atoms. The van der Waals surface area contributed by atoms with E-state index in [1.54, 1.807) is 0 Å². The molecule has 0 aliphatic rings. The number of para-hydroxylation sites is 2. The van der Waals surface area contributed by atoms with Gasteiger partial charge in [0.2, 0.25) is 5.88 Å². The number of nitrogens with zero attached hydrogens (tertiary/aromatic N) is 1. The summed E-state index contributed by atoms with van der Waals surface area (Å²) in [6, 6.07) is 19.1. The molecule has 0 fully saturated rings. The molecule has 98 valence electrons. The van der Waals surface area contributed by atoms with E-state index in [1.165, 1.54) is 0 Å². The Kier molecular flexibility index (Phi) is 3.31. The van der Waals surface area contributed by atoms with Crippen molar-refractivity contribution in [2.45, 2.75) is 0 Å². The van der Waals surface area contributed by atoms with Crippen molar-refractivity contribution in [1.29, 1.82) is 0 Å². The van der Waals surface area contributed by atoms with Crippen LogP contribution < -0.4 is 10.5 Å². The molecule has 2 aromatic carbocycles. The van der Waals surface area contributed by atoms with Crippen LogP contribution >= 0.6 is 12.2 Å². The van der Waals surface area contributed by atoms with E-state index in [0.717, 1.165) is 10.9 Å². The maximum atomic E-state index is 5.80. The van der Waals surface area contributed by atoms with Gasteiger partial charge in [0.05, 0.1) is 11.1 Å². The number of nitrogens with two attached hydrogens (primary N) is 1. The molecule has 3 aromatic rings. The number of ether oxygens (including phenoxy) is 1. The largest absolute Gasteiger partial charge is 0.438 e. The van der Waals surface area contributed by atoms with Crippen molar-refractivity contribution in [2.75, 3.05) is 0 Å². The standard InChI is InChI=1S/C16H12N2OS/c17-15(20)13-10-11-6-4-5-9-14(11)18-16(13)19-12-7-2-1-3-8-12/h1-10H,(H2,17,20). The number of hydrogen-bond acceptors (Lipinski definition) is 3. The van der Waals surface area contributed by atoms with E-state index in [2.05, 4.69) is 4.98 Å². The minimum Gasteiger partial charge on any atom is -0.438 e. The Morgan fingerprint density at radius 2 is 1.70 bits per heavy atom. The maximum Gasteiger partial charge on any atom is 0.230 e. The molecule has 1 heterocycles. The maximum absolute atomic E-state index is 5.80. The summed E-state index contributed by atoms with van der Waals surface area (Å²) < 4.78 is 5.80. The molecule has 1 aromatic heterocycles. The summed E-state index contributed by atoms with van der Waals surface area (Å²) in [5, 5.41) is 0.982. The van der Waals surface area contributed by atoms with Crippen molar-refractivity contribution in [1.82, 2.24) is 4.98 Å². The molecule has 4 heteroatoms. The summed E-state index contributed by atoms with van der Waals surface area (Å²) in [5.74, 6) is 1.13. The Labute approximate surface area is 122 Å². The number of rotatable bonds is 3. The van der Waals surface area contributed by atoms with Crippen LogP contribution in [0.3, 0.4) is 0 Å². The highest BCUT2D eigenvalue weighted by Crippen LogP contribution is 2.26. The van der Waals surface area contributed by atoms with E-state index in [-0.39, 0.29) is 4.99 Å². The van der Waals surface area contributed by atoms with Crippen LogP contribution in [0.2, 0.25) is 0 Å². The normalized spacial score (nSPS) is 10.4. The van der Waals surface area contributed by atoms with Crippen LogP contribution in [-0.4, -0.2) is 9.97 Å². The van der Waals surface area contributed by atoms with E-state index in [1.807, 2.05) is 60.7 Å². The molecule has 0 spiro atoms. The first-order chi connectivity index (χ1) is 9.74. The quantitative estimate of drug-likeness (QED) is 0.744. The highest BCUT2D eigenvalue weighted by Gasteiger charge is 2.11. The second-order valence-corrected chi connectivity index (χ2v) is 4.75. The molecule has 0 saturated heterocycles. The smallest absolute Gasteiger partial charge is 0.230 e. The van der Waals surface area contributed by atoms with Crippen molar-refractivity contribution < 1.29 is 4.74 Å². The SMILES string of the molecule is NC(=S)c1cc2ccccc2nc1Oc1ccccc1. The van der Waals surface area contributed by atoms with Gasteiger partial charge < -0.3 is 10.5 Å². The van der Waals surface area contributed by atoms with Gasteiger partial charge in [-0.25, -0.2) is 4.98 Å². The predicted octanol–water partition coefficient (Wildman–Crippen LogP) is 3.66. The molecule has 0 amide bonds. The molecular weight excluding hydrogens is 268 g/mol. The number of pyridine rings is 1. The van der Waals surface area contributed by atoms with Gasteiger partial charge in [-0.05, 0) is 24.3 Å². The molecule has 3 nitrogen and oxygen atoms in total. The molecule has 0 radical (unpaired) electrons. The summed E-state index contributed by atoms with van der Waals surface area (Å²) in [6.45, 7) is 0. The summed E-state index contributed by atoms with van der Waals surface area (Å²) >= 11 is 5.09. The Balaban J connectivity index is 2.12. The summed E-state index contributed by atoms with van der Waals surface area (Å²) in [5.41, 5.74) is 7.26. The first-order valence-corrected chi connectivity index (χ1v) is 6.57. The lowest BCUT2D eigenvalue weighted by Crippen LogP contribution is -2.11. The second kappa shape index (κ2) is 5.27. The monoisotopic (exact) mass is 280 g/mol. The number of fused-ring (bicyclic) bond motifs is 1. The van der Waals surface area contributed by atoms with E-state index >= 15 is 0 Å². The molecule has 3 rings (SSSR count). The average Bonchev–Trinajstić information content (AvgIpc) is 2.47. The third-order valence-corrected chi connectivity index (χ3v) is 3.13. The number of aromatic nitrogens is 1. The third kappa shape index (κ3) is 2.46. The summed E-state index contributed by atoms with van der Waals surface area (Å²) in [7, 11) is 0. The van der Waals surface area contributed by atoms with E-state index in [0.29, 0.717) is 17.2 Å². The fraction of sp³-hybridized carbons (Fsp3) is 0. The van der Waals surface area contributed by atoms with E-state index < -0.39 is 0 Å². The number of benzene rings is 2. The van der Waals surface area contributed by atoms with Crippen LogP contribution in [0.5, 0.6) is 11.6 Å². The number of thiocarbonyl (C=S) groups is 1. The zero-order valence-corrected chi connectivity index (χ0v) is 11.4. The van der Waals surface area contributed by atoms with E-state index in [9.17, 15) is 0 Å². The van der Waals surface area contributed by atoms with Crippen molar-refractivity contribution in [3.8, 4) is 11.6 Å². The Hall–Kier alpha value is -2.46. The minimum absolute atomic E-state index is 0.272. The van der Waals surface area contributed by atoms with Gasteiger partial charge in [0.15, 0.2) is 0 Å². The first kappa shape index (κ1) is 12.6. The minimum atomic E-state index is 0.272. The Morgan fingerprint density at radius 1 is 1.00 bits per heavy atom. The first-order valence-electron chi connectivity index (χ1n) is 6.16. The third-order valence-electron chi connectivity index (χ3n) is 2.91. The van der Waals surface area contributed by atoms with Gasteiger partial charge in [0, 0.05) is 5.39 Å². The van der Waals surface area contributed by atoms with Crippen molar-refractivity contribution in [3.63, 3.8) is 0 Å². The zero-order valence-electron chi connectivity index (χ0n) is 10.6.